The van der Waals surface area contributed by atoms with Crippen molar-refractivity contribution in [2.45, 2.75) is 159 Å². The fraction of sp³-hybridized carbons (Fsp3) is 0.756. The zero-order valence-corrected chi connectivity index (χ0v) is 33.8. The molecule has 3 saturated heterocycles. The zero-order valence-electron chi connectivity index (χ0n) is 33.8. The number of alkyl carbamates (subject to hydrolysis) is 1. The summed E-state index contributed by atoms with van der Waals surface area (Å²) in [5, 5.41) is 14.2. The number of methoxy groups -OCH3 is 1. The molecule has 0 spiro atoms. The first-order valence-corrected chi connectivity index (χ1v) is 19.5. The third kappa shape index (κ3) is 9.51. The van der Waals surface area contributed by atoms with Crippen molar-refractivity contribution in [3.63, 3.8) is 0 Å². The molecular formula is C41H63FN2O10. The number of amides is 1. The summed E-state index contributed by atoms with van der Waals surface area (Å²) >= 11 is 0. The molecule has 0 unspecified atom stereocenters. The number of nitrogens with zero attached hydrogens (tertiary/aromatic N) is 1. The molecule has 1 aromatic rings. The maximum atomic E-state index is 17.5. The van der Waals surface area contributed by atoms with Crippen LogP contribution in [0.4, 0.5) is 9.18 Å². The number of aliphatic hydroxyl groups is 1. The number of nitrogens with one attached hydrogen (secondary N) is 1. The van der Waals surface area contributed by atoms with E-state index in [-0.39, 0.29) is 25.0 Å². The Labute approximate surface area is 320 Å². The highest BCUT2D eigenvalue weighted by Gasteiger charge is 2.60. The molecule has 1 aromatic carbocycles. The quantitative estimate of drug-likeness (QED) is 0.171. The Balaban J connectivity index is 1.76. The summed E-state index contributed by atoms with van der Waals surface area (Å²) in [6, 6.07) is 8.64. The molecule has 4 rings (SSSR count). The van der Waals surface area contributed by atoms with E-state index in [0.717, 1.165) is 19.3 Å². The summed E-state index contributed by atoms with van der Waals surface area (Å²) in [6.07, 6.45) is -2.53. The van der Waals surface area contributed by atoms with E-state index in [1.165, 1.54) is 26.5 Å². The van der Waals surface area contributed by atoms with Gasteiger partial charge >= 0.3 is 12.1 Å². The van der Waals surface area contributed by atoms with Gasteiger partial charge in [0.1, 0.15) is 18.1 Å². The third-order valence-electron chi connectivity index (χ3n) is 12.0. The number of esters is 1. The van der Waals surface area contributed by atoms with E-state index in [1.807, 2.05) is 44.1 Å². The smallest absolute Gasteiger partial charge is 0.408 e. The number of aliphatic hydroxyl groups excluding tert-OH is 1. The maximum absolute atomic E-state index is 17.5. The van der Waals surface area contributed by atoms with Crippen LogP contribution >= 0.6 is 0 Å². The average Bonchev–Trinajstić information content (AvgIpc) is 3.44. The average molecular weight is 763 g/mol. The summed E-state index contributed by atoms with van der Waals surface area (Å²) < 4.78 is 47.9. The van der Waals surface area contributed by atoms with Gasteiger partial charge in [0, 0.05) is 31.4 Å². The minimum Gasteiger partial charge on any atom is -0.458 e. The maximum Gasteiger partial charge on any atom is 0.408 e. The van der Waals surface area contributed by atoms with E-state index in [9.17, 15) is 24.3 Å². The van der Waals surface area contributed by atoms with E-state index in [0.29, 0.717) is 12.8 Å². The monoisotopic (exact) mass is 762 g/mol. The molecule has 304 valence electrons. The van der Waals surface area contributed by atoms with Crippen molar-refractivity contribution in [2.24, 2.45) is 17.8 Å². The van der Waals surface area contributed by atoms with Crippen molar-refractivity contribution in [1.29, 1.82) is 0 Å². The summed E-state index contributed by atoms with van der Waals surface area (Å²) in [5.41, 5.74) is -4.60. The van der Waals surface area contributed by atoms with Gasteiger partial charge in [-0.1, -0.05) is 57.0 Å². The number of ketones is 2. The number of cyclic esters (lactones) is 1. The van der Waals surface area contributed by atoms with Crippen LogP contribution in [0, 0.1) is 17.8 Å². The van der Waals surface area contributed by atoms with Crippen molar-refractivity contribution in [2.75, 3.05) is 21.2 Å². The first-order valence-electron chi connectivity index (χ1n) is 19.5. The van der Waals surface area contributed by atoms with Crippen molar-refractivity contribution >= 4 is 23.6 Å². The van der Waals surface area contributed by atoms with E-state index in [2.05, 4.69) is 17.4 Å². The molecule has 2 N–H and O–H groups in total. The van der Waals surface area contributed by atoms with Gasteiger partial charge in [0.05, 0.1) is 23.9 Å². The lowest BCUT2D eigenvalue weighted by Gasteiger charge is -2.47. The molecule has 13 atom stereocenters. The number of Topliss-reactive ketones (excluding diaryl/α,β-unsaturated/α-hetero) is 2. The minimum atomic E-state index is -2.57. The molecule has 3 fully saturated rings. The van der Waals surface area contributed by atoms with E-state index in [4.69, 9.17) is 23.7 Å². The molecule has 1 amide bonds. The van der Waals surface area contributed by atoms with Crippen molar-refractivity contribution in [1.82, 2.24) is 10.2 Å². The summed E-state index contributed by atoms with van der Waals surface area (Å²) in [4.78, 5) is 57.6. The molecule has 0 bridgehead atoms. The molecule has 54 heavy (non-hydrogen) atoms. The zero-order chi connectivity index (χ0) is 40.2. The highest BCUT2D eigenvalue weighted by Crippen LogP contribution is 2.43. The number of rotatable bonds is 11. The summed E-state index contributed by atoms with van der Waals surface area (Å²) in [7, 11) is 5.00. The van der Waals surface area contributed by atoms with Gasteiger partial charge in [0.2, 0.25) is 0 Å². The number of hydrogen-bond acceptors (Lipinski definition) is 11. The number of hydrogen-bond donors (Lipinski definition) is 2. The second-order valence-corrected chi connectivity index (χ2v) is 16.5. The van der Waals surface area contributed by atoms with Crippen LogP contribution in [0.3, 0.4) is 0 Å². The molecule has 3 heterocycles. The lowest BCUT2D eigenvalue weighted by atomic mass is 9.71. The van der Waals surface area contributed by atoms with Gasteiger partial charge in [0.15, 0.2) is 29.1 Å². The molecule has 0 aliphatic carbocycles. The number of aryl methyl sites for hydroxylation is 1. The van der Waals surface area contributed by atoms with Gasteiger partial charge in [-0.15, -0.1) is 0 Å². The van der Waals surface area contributed by atoms with Crippen LogP contribution in [0.1, 0.15) is 99.0 Å². The standard InChI is InChI=1S/C41H63FN2O10/c1-11-30-41(7)33(43-38(49)54-41)28(21-17-13-16-20-27-18-14-12-15-19-27)34(47)39(5,42)23-40(6,50-10)35(25(3)31(45)26(4)36(48)52-30)53-37-32(46)29(44(8)9)22-24(2)51-37/h12,14-15,18-19,24-26,28-30,32-33,35,37,46H,11,13,16-17,20-23H2,1-10H3,(H,43,49)/t24-,25+,26-,28-,29+,30-,32-,33+,35-,37+,39+,40-,41-/m1/s1. The van der Waals surface area contributed by atoms with Gasteiger partial charge < -0.3 is 39.0 Å². The number of likely N-dealkylation sites (N-methyl/N-ethyl adjacent to an activating group) is 1. The van der Waals surface area contributed by atoms with Crippen LogP contribution in [-0.4, -0.2) is 115 Å². The Kier molecular flexibility index (Phi) is 14.5. The normalized spacial score (nSPS) is 39.7. The Morgan fingerprint density at radius 1 is 1.02 bits per heavy atom. The Bertz CT molecular complexity index is 1460. The number of carbonyl (C=O) groups excluding carboxylic acids is 4. The van der Waals surface area contributed by atoms with Crippen molar-refractivity contribution < 1.29 is 52.4 Å². The lowest BCUT2D eigenvalue weighted by molar-refractivity contribution is -0.296. The second-order valence-electron chi connectivity index (χ2n) is 16.5. The fourth-order valence-corrected chi connectivity index (χ4v) is 8.81. The predicted octanol–water partition coefficient (Wildman–Crippen LogP) is 5.35. The molecule has 3 aliphatic heterocycles. The van der Waals surface area contributed by atoms with Gasteiger partial charge in [-0.2, -0.15) is 0 Å². The van der Waals surface area contributed by atoms with Crippen LogP contribution < -0.4 is 5.32 Å². The summed E-state index contributed by atoms with van der Waals surface area (Å²) in [6.45, 7) is 10.9. The Morgan fingerprint density at radius 3 is 2.30 bits per heavy atom. The highest BCUT2D eigenvalue weighted by atomic mass is 19.1. The molecule has 13 heteroatoms. The summed E-state index contributed by atoms with van der Waals surface area (Å²) in [5.74, 6) is -5.70. The van der Waals surface area contributed by atoms with E-state index >= 15 is 4.39 Å². The molecule has 0 saturated carbocycles. The topological polar surface area (TPSA) is 150 Å². The third-order valence-corrected chi connectivity index (χ3v) is 12.0. The first kappa shape index (κ1) is 43.8. The first-order chi connectivity index (χ1) is 25.3. The number of ether oxygens (including phenoxy) is 5. The number of fused-ring (bicyclic) bond motifs is 1. The second kappa shape index (κ2) is 17.9. The molecule has 0 aromatic heterocycles. The largest absolute Gasteiger partial charge is 0.458 e. The highest BCUT2D eigenvalue weighted by molar-refractivity contribution is 6.00. The minimum absolute atomic E-state index is 0.185. The molecular weight excluding hydrogens is 699 g/mol. The number of benzene rings is 1. The van der Waals surface area contributed by atoms with E-state index < -0.39 is 95.3 Å². The van der Waals surface area contributed by atoms with Crippen LogP contribution in [0.25, 0.3) is 0 Å². The van der Waals surface area contributed by atoms with Gasteiger partial charge in [-0.3, -0.25) is 14.4 Å². The molecule has 0 radical (unpaired) electrons. The van der Waals surface area contributed by atoms with Gasteiger partial charge in [-0.05, 0) is 86.4 Å². The van der Waals surface area contributed by atoms with E-state index in [1.54, 1.807) is 27.7 Å². The SMILES string of the molecule is CC[C@H]1OC(=O)[C@H](C)C(=O)[C@H](C)[C@@H](O[C@@H]2O[C@H](C)C[C@H](N(C)C)[C@H]2O)[C@](C)(OC)C[C@](C)(F)C(=O)[C@H](CCCCCc2ccccc2)[C@@H]2NC(=O)O[C@]12C. The van der Waals surface area contributed by atoms with Crippen LogP contribution in [0.15, 0.2) is 30.3 Å². The van der Waals surface area contributed by atoms with Crippen molar-refractivity contribution in [3.8, 4) is 0 Å². The number of alkyl halides is 1. The van der Waals surface area contributed by atoms with Crippen LogP contribution in [0.5, 0.6) is 0 Å². The van der Waals surface area contributed by atoms with Crippen molar-refractivity contribution in [3.05, 3.63) is 35.9 Å². The van der Waals surface area contributed by atoms with Crippen LogP contribution in [0.2, 0.25) is 0 Å². The number of halogens is 1. The fourth-order valence-electron chi connectivity index (χ4n) is 8.81. The Morgan fingerprint density at radius 2 is 1.69 bits per heavy atom. The number of unbranched alkanes of at least 4 members (excludes halogenated alkanes) is 2. The number of carbonyl (C=O) groups is 4. The van der Waals surface area contributed by atoms with Gasteiger partial charge in [-0.25, -0.2) is 9.18 Å². The van der Waals surface area contributed by atoms with Crippen LogP contribution in [-0.2, 0) is 44.5 Å². The molecule has 12 nitrogen and oxygen atoms in total. The lowest BCUT2D eigenvalue weighted by Crippen LogP contribution is -2.62. The molecule has 3 aliphatic rings. The Hall–Kier alpha value is -2.97. The predicted molar refractivity (Wildman–Crippen MR) is 199 cm³/mol. The van der Waals surface area contributed by atoms with Gasteiger partial charge in [0.25, 0.3) is 0 Å².